The summed E-state index contributed by atoms with van der Waals surface area (Å²) in [6.45, 7) is 2.63. The van der Waals surface area contributed by atoms with Crippen molar-refractivity contribution in [1.82, 2.24) is 15.2 Å². The number of ether oxygens (including phenoxy) is 1. The van der Waals surface area contributed by atoms with E-state index in [0.29, 0.717) is 36.0 Å². The number of thiazole rings is 1. The SMILES string of the molecule is COCCCN1C(=O)c2ccc(C(=O)Nc3nc(-c4ccc(CNC(C)=O)cc4)cs3)cc2C1=O. The van der Waals surface area contributed by atoms with Crippen molar-refractivity contribution in [3.05, 3.63) is 70.1 Å². The van der Waals surface area contributed by atoms with Gasteiger partial charge in [0.15, 0.2) is 5.13 Å². The molecule has 4 rings (SSSR count). The molecule has 2 aromatic carbocycles. The van der Waals surface area contributed by atoms with Gasteiger partial charge in [-0.15, -0.1) is 11.3 Å². The van der Waals surface area contributed by atoms with Crippen LogP contribution in [0.4, 0.5) is 5.13 Å². The minimum Gasteiger partial charge on any atom is -0.385 e. The number of carbonyl (C=O) groups excluding carboxylic acids is 4. The normalized spacial score (nSPS) is 12.6. The average molecular weight is 493 g/mol. The van der Waals surface area contributed by atoms with Crippen LogP contribution >= 0.6 is 11.3 Å². The van der Waals surface area contributed by atoms with E-state index in [9.17, 15) is 19.2 Å². The molecule has 9 nitrogen and oxygen atoms in total. The summed E-state index contributed by atoms with van der Waals surface area (Å²) in [5, 5.41) is 7.75. The average Bonchev–Trinajstić information content (AvgIpc) is 3.41. The molecule has 10 heteroatoms. The summed E-state index contributed by atoms with van der Waals surface area (Å²) >= 11 is 1.28. The van der Waals surface area contributed by atoms with Crippen LogP contribution in [0.3, 0.4) is 0 Å². The fourth-order valence-corrected chi connectivity index (χ4v) is 4.37. The molecule has 2 heterocycles. The van der Waals surface area contributed by atoms with Crippen molar-refractivity contribution < 1.29 is 23.9 Å². The van der Waals surface area contributed by atoms with E-state index >= 15 is 0 Å². The van der Waals surface area contributed by atoms with Crippen LogP contribution in [0, 0.1) is 0 Å². The van der Waals surface area contributed by atoms with Crippen LogP contribution in [0.1, 0.15) is 50.0 Å². The van der Waals surface area contributed by atoms with Gasteiger partial charge in [0.1, 0.15) is 0 Å². The molecule has 4 amide bonds. The van der Waals surface area contributed by atoms with E-state index in [0.717, 1.165) is 11.1 Å². The Bertz CT molecular complexity index is 1290. The molecule has 1 aliphatic rings. The minimum absolute atomic E-state index is 0.0901. The number of nitrogens with one attached hydrogen (secondary N) is 2. The molecule has 0 bridgehead atoms. The molecule has 0 radical (unpaired) electrons. The van der Waals surface area contributed by atoms with E-state index < -0.39 is 11.8 Å². The van der Waals surface area contributed by atoms with Gasteiger partial charge in [0.25, 0.3) is 17.7 Å². The lowest BCUT2D eigenvalue weighted by Crippen LogP contribution is -2.31. The Balaban J connectivity index is 1.42. The summed E-state index contributed by atoms with van der Waals surface area (Å²) in [5.41, 5.74) is 3.33. The van der Waals surface area contributed by atoms with Gasteiger partial charge in [0.05, 0.1) is 16.8 Å². The van der Waals surface area contributed by atoms with E-state index in [2.05, 4.69) is 15.6 Å². The van der Waals surface area contributed by atoms with Gasteiger partial charge < -0.3 is 10.1 Å². The number of fused-ring (bicyclic) bond motifs is 1. The summed E-state index contributed by atoms with van der Waals surface area (Å²) < 4.78 is 4.99. The van der Waals surface area contributed by atoms with Gasteiger partial charge in [0, 0.05) is 50.2 Å². The number of imide groups is 1. The van der Waals surface area contributed by atoms with Crippen LogP contribution in [-0.4, -0.2) is 53.8 Å². The van der Waals surface area contributed by atoms with E-state index in [-0.39, 0.29) is 29.5 Å². The van der Waals surface area contributed by atoms with Crippen molar-refractivity contribution >= 4 is 40.1 Å². The lowest BCUT2D eigenvalue weighted by atomic mass is 10.1. The topological polar surface area (TPSA) is 118 Å². The number of anilines is 1. The zero-order chi connectivity index (χ0) is 24.9. The van der Waals surface area contributed by atoms with Gasteiger partial charge in [-0.2, -0.15) is 0 Å². The van der Waals surface area contributed by atoms with Gasteiger partial charge in [-0.05, 0) is 30.2 Å². The molecule has 0 fully saturated rings. The van der Waals surface area contributed by atoms with E-state index in [4.69, 9.17) is 4.74 Å². The Hall–Kier alpha value is -3.89. The fourth-order valence-electron chi connectivity index (χ4n) is 3.65. The van der Waals surface area contributed by atoms with Crippen LogP contribution < -0.4 is 10.6 Å². The Morgan fingerprint density at radius 2 is 1.80 bits per heavy atom. The van der Waals surface area contributed by atoms with Crippen molar-refractivity contribution in [2.24, 2.45) is 0 Å². The Kier molecular flexibility index (Phi) is 7.33. The maximum atomic E-state index is 12.8. The number of carbonyl (C=O) groups is 4. The van der Waals surface area contributed by atoms with E-state index in [1.54, 1.807) is 7.11 Å². The van der Waals surface area contributed by atoms with Crippen molar-refractivity contribution in [3.63, 3.8) is 0 Å². The van der Waals surface area contributed by atoms with Gasteiger partial charge in [0.2, 0.25) is 5.91 Å². The lowest BCUT2D eigenvalue weighted by molar-refractivity contribution is -0.119. The molecule has 2 N–H and O–H groups in total. The van der Waals surface area contributed by atoms with Crippen LogP contribution in [0.25, 0.3) is 11.3 Å². The molecule has 0 unspecified atom stereocenters. The quantitative estimate of drug-likeness (QED) is 0.350. The third kappa shape index (κ3) is 5.44. The molecule has 35 heavy (non-hydrogen) atoms. The first-order chi connectivity index (χ1) is 16.9. The fraction of sp³-hybridized carbons (Fsp3) is 0.240. The number of methoxy groups -OCH3 is 1. The van der Waals surface area contributed by atoms with Crippen LogP contribution in [0.5, 0.6) is 0 Å². The van der Waals surface area contributed by atoms with Crippen LogP contribution in [0.2, 0.25) is 0 Å². The highest BCUT2D eigenvalue weighted by molar-refractivity contribution is 7.14. The molecular weight excluding hydrogens is 468 g/mol. The summed E-state index contributed by atoms with van der Waals surface area (Å²) in [6.07, 6.45) is 0.541. The molecule has 180 valence electrons. The standard InChI is InChI=1S/C25H24N4O5S/c1-15(30)26-13-16-4-6-17(7-5-16)21-14-35-25(27-21)28-22(31)18-8-9-19-20(12-18)24(33)29(23(19)32)10-3-11-34-2/h4-9,12,14H,3,10-11,13H2,1-2H3,(H,26,30)(H,27,28,31). The van der Waals surface area contributed by atoms with Crippen molar-refractivity contribution in [2.45, 2.75) is 19.9 Å². The molecule has 0 saturated carbocycles. The van der Waals surface area contributed by atoms with Crippen molar-refractivity contribution in [3.8, 4) is 11.3 Å². The largest absolute Gasteiger partial charge is 0.385 e. The number of hydrogen-bond acceptors (Lipinski definition) is 7. The van der Waals surface area contributed by atoms with Gasteiger partial charge in [-0.3, -0.25) is 29.4 Å². The molecular formula is C25H24N4O5S. The summed E-state index contributed by atoms with van der Waals surface area (Å²) in [7, 11) is 1.56. The summed E-state index contributed by atoms with van der Waals surface area (Å²) in [5.74, 6) is -1.28. The first kappa shape index (κ1) is 24.2. The molecule has 0 aliphatic carbocycles. The highest BCUT2D eigenvalue weighted by Gasteiger charge is 2.35. The molecule has 0 atom stereocenters. The Labute approximate surface area is 206 Å². The smallest absolute Gasteiger partial charge is 0.261 e. The van der Waals surface area contributed by atoms with Crippen LogP contribution in [-0.2, 0) is 16.1 Å². The molecule has 0 spiro atoms. The number of hydrogen-bond donors (Lipinski definition) is 2. The predicted octanol–water partition coefficient (Wildman–Crippen LogP) is 3.33. The van der Waals surface area contributed by atoms with Gasteiger partial charge in [-0.25, -0.2) is 4.98 Å². The molecule has 0 saturated heterocycles. The highest BCUT2D eigenvalue weighted by Crippen LogP contribution is 2.27. The number of amides is 4. The number of aromatic nitrogens is 1. The zero-order valence-corrected chi connectivity index (χ0v) is 20.1. The maximum absolute atomic E-state index is 12.8. The van der Waals surface area contributed by atoms with Crippen LogP contribution in [0.15, 0.2) is 47.8 Å². The first-order valence-corrected chi connectivity index (χ1v) is 11.8. The molecule has 1 aromatic heterocycles. The molecule has 3 aromatic rings. The third-order valence-electron chi connectivity index (χ3n) is 5.48. The zero-order valence-electron chi connectivity index (χ0n) is 19.3. The number of benzene rings is 2. The van der Waals surface area contributed by atoms with E-state index in [1.165, 1.54) is 41.4 Å². The predicted molar refractivity (Wildman–Crippen MR) is 131 cm³/mol. The van der Waals surface area contributed by atoms with Gasteiger partial charge in [-0.1, -0.05) is 24.3 Å². The monoisotopic (exact) mass is 492 g/mol. The second kappa shape index (κ2) is 10.6. The third-order valence-corrected chi connectivity index (χ3v) is 6.24. The minimum atomic E-state index is -0.419. The molecule has 1 aliphatic heterocycles. The number of nitrogens with zero attached hydrogens (tertiary/aromatic N) is 2. The van der Waals surface area contributed by atoms with Gasteiger partial charge >= 0.3 is 0 Å². The number of rotatable bonds is 9. The Morgan fingerprint density at radius 3 is 2.51 bits per heavy atom. The Morgan fingerprint density at radius 1 is 1.06 bits per heavy atom. The first-order valence-electron chi connectivity index (χ1n) is 11.0. The van der Waals surface area contributed by atoms with Crippen molar-refractivity contribution in [2.75, 3.05) is 25.6 Å². The second-order valence-corrected chi connectivity index (χ2v) is 8.83. The lowest BCUT2D eigenvalue weighted by Gasteiger charge is -2.12. The maximum Gasteiger partial charge on any atom is 0.261 e. The second-order valence-electron chi connectivity index (χ2n) is 7.97. The van der Waals surface area contributed by atoms with E-state index in [1.807, 2.05) is 29.6 Å². The highest BCUT2D eigenvalue weighted by atomic mass is 32.1. The summed E-state index contributed by atoms with van der Waals surface area (Å²) in [6, 6.07) is 12.1. The summed E-state index contributed by atoms with van der Waals surface area (Å²) in [4.78, 5) is 54.8. The van der Waals surface area contributed by atoms with Crippen molar-refractivity contribution in [1.29, 1.82) is 0 Å².